The molecule has 0 unspecified atom stereocenters. The Hall–Kier alpha value is -0.990. The molecule has 1 aromatic rings. The summed E-state index contributed by atoms with van der Waals surface area (Å²) in [6, 6.07) is 0. The minimum absolute atomic E-state index is 0.111. The van der Waals surface area contributed by atoms with Crippen LogP contribution in [0.2, 0.25) is 0 Å². The van der Waals surface area contributed by atoms with Crippen molar-refractivity contribution >= 4 is 10.0 Å². The summed E-state index contributed by atoms with van der Waals surface area (Å²) in [4.78, 5) is 3.92. The first kappa shape index (κ1) is 11.1. The largest absolute Gasteiger partial charge is 0.338 e. The molecule has 3 N–H and O–H groups in total. The molecule has 1 heterocycles. The van der Waals surface area contributed by atoms with Crippen molar-refractivity contribution in [3.05, 3.63) is 11.7 Å². The molecule has 80 valence electrons. The molecule has 0 bridgehead atoms. The zero-order valence-corrected chi connectivity index (χ0v) is 8.54. The highest BCUT2D eigenvalue weighted by atomic mass is 32.2. The third-order valence-corrected chi connectivity index (χ3v) is 2.18. The van der Waals surface area contributed by atoms with Crippen LogP contribution in [0.1, 0.15) is 11.7 Å². The molecule has 0 fully saturated rings. The molecule has 0 aliphatic rings. The predicted molar refractivity (Wildman–Crippen MR) is 48.7 cm³/mol. The molecule has 1 rings (SSSR count). The average Bonchev–Trinajstić information content (AvgIpc) is 2.44. The van der Waals surface area contributed by atoms with Crippen molar-refractivity contribution in [2.75, 3.05) is 12.3 Å². The SMILES string of the molecule is Cc1noc(CNCCS(N)(=O)=O)n1. The number of nitrogens with one attached hydrogen (secondary N) is 1. The van der Waals surface area contributed by atoms with Crippen molar-refractivity contribution in [3.63, 3.8) is 0 Å². The quantitative estimate of drug-likeness (QED) is 0.600. The molecule has 0 amide bonds. The van der Waals surface area contributed by atoms with E-state index in [-0.39, 0.29) is 12.3 Å². The third kappa shape index (κ3) is 4.30. The monoisotopic (exact) mass is 220 g/mol. The first-order chi connectivity index (χ1) is 6.47. The van der Waals surface area contributed by atoms with Gasteiger partial charge in [0.2, 0.25) is 15.9 Å². The van der Waals surface area contributed by atoms with Gasteiger partial charge in [-0.1, -0.05) is 5.16 Å². The van der Waals surface area contributed by atoms with Crippen molar-refractivity contribution in [3.8, 4) is 0 Å². The van der Waals surface area contributed by atoms with Gasteiger partial charge in [0.1, 0.15) is 0 Å². The lowest BCUT2D eigenvalue weighted by Gasteiger charge is -1.98. The summed E-state index contributed by atoms with van der Waals surface area (Å²) in [6.45, 7) is 2.31. The summed E-state index contributed by atoms with van der Waals surface area (Å²) in [7, 11) is -3.40. The van der Waals surface area contributed by atoms with Gasteiger partial charge in [0, 0.05) is 6.54 Å². The fourth-order valence-electron chi connectivity index (χ4n) is 0.822. The Labute approximate surface area is 81.7 Å². The molecule has 1 aromatic heterocycles. The van der Waals surface area contributed by atoms with Crippen molar-refractivity contribution < 1.29 is 12.9 Å². The molecule has 0 spiro atoms. The molecule has 0 aliphatic heterocycles. The van der Waals surface area contributed by atoms with Crippen LogP contribution in [0.15, 0.2) is 4.52 Å². The van der Waals surface area contributed by atoms with Crippen LogP contribution in [0.3, 0.4) is 0 Å². The normalized spacial score (nSPS) is 11.9. The fraction of sp³-hybridized carbons (Fsp3) is 0.667. The highest BCUT2D eigenvalue weighted by molar-refractivity contribution is 7.89. The minimum atomic E-state index is -3.40. The number of hydrogen-bond acceptors (Lipinski definition) is 6. The Bertz CT molecular complexity index is 386. The van der Waals surface area contributed by atoms with Gasteiger partial charge in [-0.05, 0) is 6.92 Å². The van der Waals surface area contributed by atoms with E-state index < -0.39 is 10.0 Å². The van der Waals surface area contributed by atoms with Crippen LogP contribution < -0.4 is 10.5 Å². The Morgan fingerprint density at radius 3 is 2.79 bits per heavy atom. The second-order valence-corrected chi connectivity index (χ2v) is 4.51. The van der Waals surface area contributed by atoms with Crippen molar-refractivity contribution in [2.45, 2.75) is 13.5 Å². The molecule has 7 nitrogen and oxygen atoms in total. The van der Waals surface area contributed by atoms with Crippen molar-refractivity contribution in [1.29, 1.82) is 0 Å². The van der Waals surface area contributed by atoms with E-state index >= 15 is 0 Å². The standard InChI is InChI=1S/C6H12N4O3S/c1-5-9-6(13-10-5)4-8-2-3-14(7,11)12/h8H,2-4H2,1H3,(H2,7,11,12). The van der Waals surface area contributed by atoms with Gasteiger partial charge < -0.3 is 9.84 Å². The lowest BCUT2D eigenvalue weighted by atomic mass is 10.6. The maximum absolute atomic E-state index is 10.5. The van der Waals surface area contributed by atoms with E-state index in [1.807, 2.05) is 0 Å². The van der Waals surface area contributed by atoms with Gasteiger partial charge in [0.15, 0.2) is 5.82 Å². The molecule has 8 heteroatoms. The topological polar surface area (TPSA) is 111 Å². The average molecular weight is 220 g/mol. The summed E-state index contributed by atoms with van der Waals surface area (Å²) in [6.07, 6.45) is 0. The van der Waals surface area contributed by atoms with Crippen LogP contribution in [0.4, 0.5) is 0 Å². The maximum Gasteiger partial charge on any atom is 0.240 e. The fourth-order valence-corrected chi connectivity index (χ4v) is 1.25. The molecule has 0 saturated carbocycles. The van der Waals surface area contributed by atoms with Gasteiger partial charge in [0.05, 0.1) is 12.3 Å². The molecule has 14 heavy (non-hydrogen) atoms. The lowest BCUT2D eigenvalue weighted by molar-refractivity contribution is 0.365. The van der Waals surface area contributed by atoms with Crippen LogP contribution >= 0.6 is 0 Å². The van der Waals surface area contributed by atoms with E-state index in [0.29, 0.717) is 18.3 Å². The predicted octanol–water partition coefficient (Wildman–Crippen LogP) is -1.24. The number of sulfonamides is 1. The van der Waals surface area contributed by atoms with E-state index in [4.69, 9.17) is 9.66 Å². The van der Waals surface area contributed by atoms with Gasteiger partial charge in [-0.3, -0.25) is 0 Å². The van der Waals surface area contributed by atoms with Gasteiger partial charge in [-0.2, -0.15) is 4.98 Å². The van der Waals surface area contributed by atoms with Crippen molar-refractivity contribution in [2.24, 2.45) is 5.14 Å². The number of hydrogen-bond donors (Lipinski definition) is 2. The molecule has 0 aromatic carbocycles. The van der Waals surface area contributed by atoms with Crippen LogP contribution in [0.5, 0.6) is 0 Å². The first-order valence-corrected chi connectivity index (χ1v) is 5.69. The zero-order chi connectivity index (χ0) is 10.6. The van der Waals surface area contributed by atoms with Crippen LogP contribution in [-0.2, 0) is 16.6 Å². The molecular weight excluding hydrogens is 208 g/mol. The molecule has 0 saturated heterocycles. The second kappa shape index (κ2) is 4.49. The first-order valence-electron chi connectivity index (χ1n) is 3.98. The Kier molecular flexibility index (Phi) is 3.55. The van der Waals surface area contributed by atoms with Crippen LogP contribution in [0, 0.1) is 6.92 Å². The molecule has 0 atom stereocenters. The number of aryl methyl sites for hydroxylation is 1. The number of primary sulfonamides is 1. The molecular formula is C6H12N4O3S. The van der Waals surface area contributed by atoms with Gasteiger partial charge >= 0.3 is 0 Å². The number of nitrogens with two attached hydrogens (primary N) is 1. The summed E-state index contributed by atoms with van der Waals surface area (Å²) in [5, 5.41) is 11.2. The number of rotatable bonds is 5. The summed E-state index contributed by atoms with van der Waals surface area (Å²) < 4.78 is 25.9. The lowest BCUT2D eigenvalue weighted by Crippen LogP contribution is -2.26. The van der Waals surface area contributed by atoms with Crippen molar-refractivity contribution in [1.82, 2.24) is 15.5 Å². The number of aromatic nitrogens is 2. The Morgan fingerprint density at radius 2 is 2.29 bits per heavy atom. The van der Waals surface area contributed by atoms with Gasteiger partial charge in [-0.15, -0.1) is 0 Å². The van der Waals surface area contributed by atoms with Gasteiger partial charge in [-0.25, -0.2) is 13.6 Å². The van der Waals surface area contributed by atoms with E-state index in [9.17, 15) is 8.42 Å². The Balaban J connectivity index is 2.23. The minimum Gasteiger partial charge on any atom is -0.338 e. The summed E-state index contributed by atoms with van der Waals surface area (Å²) >= 11 is 0. The molecule has 0 radical (unpaired) electrons. The highest BCUT2D eigenvalue weighted by Gasteiger charge is 2.04. The summed E-state index contributed by atoms with van der Waals surface area (Å²) in [5.41, 5.74) is 0. The number of nitrogens with zero attached hydrogens (tertiary/aromatic N) is 2. The van der Waals surface area contributed by atoms with Crippen LogP contribution in [-0.4, -0.2) is 30.9 Å². The third-order valence-electron chi connectivity index (χ3n) is 1.41. The van der Waals surface area contributed by atoms with E-state index in [0.717, 1.165) is 0 Å². The molecule has 0 aliphatic carbocycles. The van der Waals surface area contributed by atoms with E-state index in [1.54, 1.807) is 6.92 Å². The van der Waals surface area contributed by atoms with E-state index in [1.165, 1.54) is 0 Å². The maximum atomic E-state index is 10.5. The van der Waals surface area contributed by atoms with E-state index in [2.05, 4.69) is 15.5 Å². The highest BCUT2D eigenvalue weighted by Crippen LogP contribution is 1.93. The second-order valence-electron chi connectivity index (χ2n) is 2.78. The van der Waals surface area contributed by atoms with Crippen LogP contribution in [0.25, 0.3) is 0 Å². The zero-order valence-electron chi connectivity index (χ0n) is 7.73. The Morgan fingerprint density at radius 1 is 1.57 bits per heavy atom. The summed E-state index contributed by atoms with van der Waals surface area (Å²) in [5.74, 6) is 0.866. The van der Waals surface area contributed by atoms with Gasteiger partial charge in [0.25, 0.3) is 0 Å². The smallest absolute Gasteiger partial charge is 0.240 e.